The molecule has 25 heavy (non-hydrogen) atoms. The maximum Gasteiger partial charge on any atom is 0.337 e. The molecule has 0 amide bonds. The highest BCUT2D eigenvalue weighted by Gasteiger charge is 2.21. The molecule has 0 aliphatic carbocycles. The predicted molar refractivity (Wildman–Crippen MR) is 93.6 cm³/mol. The number of hydrogen-bond donors (Lipinski definition) is 0. The summed E-state index contributed by atoms with van der Waals surface area (Å²) in [5, 5.41) is 3.59. The molecule has 0 saturated carbocycles. The minimum absolute atomic E-state index is 0.108. The molecule has 0 atom stereocenters. The van der Waals surface area contributed by atoms with Gasteiger partial charge in [0.2, 0.25) is 0 Å². The quantitative estimate of drug-likeness (QED) is 0.246. The van der Waals surface area contributed by atoms with Gasteiger partial charge < -0.3 is 14.2 Å². The molecule has 128 valence electrons. The zero-order valence-corrected chi connectivity index (χ0v) is 13.9. The van der Waals surface area contributed by atoms with Gasteiger partial charge in [-0.1, -0.05) is 42.0 Å². The van der Waals surface area contributed by atoms with E-state index in [4.69, 9.17) is 19.7 Å². The third-order valence-corrected chi connectivity index (χ3v) is 3.43. The third kappa shape index (κ3) is 4.10. The summed E-state index contributed by atoms with van der Waals surface area (Å²) in [7, 11) is 2.69. The largest absolute Gasteiger partial charge is 0.492 e. The molecular formula is C18H17N3O4. The molecule has 2 rings (SSSR count). The number of rotatable bonds is 7. The first-order valence-corrected chi connectivity index (χ1v) is 7.32. The van der Waals surface area contributed by atoms with E-state index in [9.17, 15) is 4.79 Å². The molecule has 0 saturated heterocycles. The Balaban J connectivity index is 2.50. The Morgan fingerprint density at radius 1 is 1.16 bits per heavy atom. The molecule has 0 aliphatic heterocycles. The van der Waals surface area contributed by atoms with Gasteiger partial charge in [0, 0.05) is 10.5 Å². The number of carbonyl (C=O) groups is 1. The van der Waals surface area contributed by atoms with Gasteiger partial charge in [0.15, 0.2) is 11.5 Å². The summed E-state index contributed by atoms with van der Waals surface area (Å²) >= 11 is 0. The number of esters is 1. The van der Waals surface area contributed by atoms with Crippen molar-refractivity contribution in [3.8, 4) is 11.5 Å². The normalized spacial score (nSPS) is 9.68. The number of carbonyl (C=O) groups excluding carboxylic acids is 1. The van der Waals surface area contributed by atoms with Crippen LogP contribution in [0.25, 0.3) is 16.0 Å². The fourth-order valence-electron chi connectivity index (χ4n) is 2.22. The number of azide groups is 1. The molecule has 7 heteroatoms. The number of ether oxygens (including phenoxy) is 3. The molecule has 0 heterocycles. The van der Waals surface area contributed by atoms with Gasteiger partial charge in [0.05, 0.1) is 25.5 Å². The molecule has 0 aliphatic rings. The van der Waals surface area contributed by atoms with Crippen LogP contribution >= 0.6 is 0 Å². The molecule has 0 unspecified atom stereocenters. The van der Waals surface area contributed by atoms with Gasteiger partial charge in [-0.05, 0) is 23.2 Å². The molecule has 0 fully saturated rings. The highest BCUT2D eigenvalue weighted by molar-refractivity contribution is 6.16. The first-order valence-electron chi connectivity index (χ1n) is 7.32. The average Bonchev–Trinajstić information content (AvgIpc) is 2.66. The second-order valence-electron chi connectivity index (χ2n) is 4.93. The maximum absolute atomic E-state index is 11.8. The second-order valence-corrected chi connectivity index (χ2v) is 4.93. The third-order valence-electron chi connectivity index (χ3n) is 3.43. The Bertz CT molecular complexity index is 828. The summed E-state index contributed by atoms with van der Waals surface area (Å²) in [5.41, 5.74) is 10.4. The van der Waals surface area contributed by atoms with Crippen molar-refractivity contribution in [3.05, 3.63) is 70.6 Å². The highest BCUT2D eigenvalue weighted by atomic mass is 16.5. The Hall–Kier alpha value is -3.44. The van der Waals surface area contributed by atoms with E-state index in [2.05, 4.69) is 16.6 Å². The Morgan fingerprint density at radius 2 is 1.88 bits per heavy atom. The van der Waals surface area contributed by atoms with Crippen LogP contribution in [-0.4, -0.2) is 20.2 Å². The van der Waals surface area contributed by atoms with Crippen LogP contribution in [0.15, 0.2) is 54.2 Å². The molecule has 7 nitrogen and oxygen atoms in total. The first-order chi connectivity index (χ1) is 12.1. The smallest absolute Gasteiger partial charge is 0.337 e. The molecule has 0 spiro atoms. The van der Waals surface area contributed by atoms with Crippen molar-refractivity contribution in [2.75, 3.05) is 14.2 Å². The molecule has 0 N–H and O–H groups in total. The van der Waals surface area contributed by atoms with Crippen molar-refractivity contribution < 1.29 is 19.0 Å². The van der Waals surface area contributed by atoms with Crippen molar-refractivity contribution in [1.29, 1.82) is 0 Å². The fourth-order valence-corrected chi connectivity index (χ4v) is 2.22. The van der Waals surface area contributed by atoms with Crippen LogP contribution in [0.1, 0.15) is 11.1 Å². The summed E-state index contributed by atoms with van der Waals surface area (Å²) in [5.74, 6) is -0.119. The molecule has 0 bridgehead atoms. The number of hydrogen-bond acceptors (Lipinski definition) is 5. The van der Waals surface area contributed by atoms with E-state index in [0.717, 1.165) is 5.56 Å². The number of nitrogens with zero attached hydrogens (tertiary/aromatic N) is 3. The van der Waals surface area contributed by atoms with Gasteiger partial charge in [0.1, 0.15) is 6.61 Å². The van der Waals surface area contributed by atoms with Crippen LogP contribution in [0, 0.1) is 0 Å². The number of benzene rings is 2. The first kappa shape index (κ1) is 17.9. The SMILES string of the molecule is C=C(C(=O)OC)c1ccc(N=[N+]=[N-])c(OC)c1OCc1ccccc1. The average molecular weight is 339 g/mol. The predicted octanol–water partition coefficient (Wildman–Crippen LogP) is 4.40. The van der Waals surface area contributed by atoms with Gasteiger partial charge >= 0.3 is 5.97 Å². The van der Waals surface area contributed by atoms with Gasteiger partial charge in [-0.3, -0.25) is 0 Å². The van der Waals surface area contributed by atoms with E-state index in [1.807, 2.05) is 30.3 Å². The van der Waals surface area contributed by atoms with Gasteiger partial charge in [-0.25, -0.2) is 4.79 Å². The van der Waals surface area contributed by atoms with Crippen LogP contribution in [0.4, 0.5) is 5.69 Å². The molecule has 0 radical (unpaired) electrons. The van der Waals surface area contributed by atoms with E-state index in [-0.39, 0.29) is 29.4 Å². The van der Waals surface area contributed by atoms with Crippen LogP contribution in [0.5, 0.6) is 11.5 Å². The zero-order valence-electron chi connectivity index (χ0n) is 13.9. The topological polar surface area (TPSA) is 93.5 Å². The minimum Gasteiger partial charge on any atom is -0.492 e. The van der Waals surface area contributed by atoms with E-state index in [1.54, 1.807) is 6.07 Å². The van der Waals surface area contributed by atoms with Crippen LogP contribution in [-0.2, 0) is 16.1 Å². The van der Waals surface area contributed by atoms with Crippen molar-refractivity contribution in [3.63, 3.8) is 0 Å². The van der Waals surface area contributed by atoms with Crippen molar-refractivity contribution in [1.82, 2.24) is 0 Å². The minimum atomic E-state index is -0.594. The summed E-state index contributed by atoms with van der Waals surface area (Å²) in [6, 6.07) is 12.6. The molecular weight excluding hydrogens is 322 g/mol. The monoisotopic (exact) mass is 339 g/mol. The second kappa shape index (κ2) is 8.42. The Kier molecular flexibility index (Phi) is 6.03. The maximum atomic E-state index is 11.8. The molecule has 2 aromatic carbocycles. The van der Waals surface area contributed by atoms with Crippen LogP contribution < -0.4 is 9.47 Å². The molecule has 0 aromatic heterocycles. The summed E-state index contributed by atoms with van der Waals surface area (Å²) < 4.78 is 15.9. The van der Waals surface area contributed by atoms with Gasteiger partial charge in [-0.2, -0.15) is 0 Å². The molecule has 2 aromatic rings. The Labute approximate surface area is 145 Å². The lowest BCUT2D eigenvalue weighted by molar-refractivity contribution is -0.133. The summed E-state index contributed by atoms with van der Waals surface area (Å²) in [4.78, 5) is 14.6. The standard InChI is InChI=1S/C18H17N3O4/c1-12(18(22)24-3)14-9-10-15(20-21-19)17(23-2)16(14)25-11-13-7-5-4-6-8-13/h4-10H,1,11H2,2-3H3. The lowest BCUT2D eigenvalue weighted by Gasteiger charge is -2.17. The summed E-state index contributed by atoms with van der Waals surface area (Å²) in [6.07, 6.45) is 0. The van der Waals surface area contributed by atoms with Crippen molar-refractivity contribution >= 4 is 17.2 Å². The number of methoxy groups -OCH3 is 2. The van der Waals surface area contributed by atoms with E-state index >= 15 is 0 Å². The Morgan fingerprint density at radius 3 is 2.48 bits per heavy atom. The van der Waals surface area contributed by atoms with Crippen LogP contribution in [0.2, 0.25) is 0 Å². The lowest BCUT2D eigenvalue weighted by Crippen LogP contribution is -2.06. The van der Waals surface area contributed by atoms with Gasteiger partial charge in [-0.15, -0.1) is 0 Å². The van der Waals surface area contributed by atoms with E-state index < -0.39 is 5.97 Å². The highest BCUT2D eigenvalue weighted by Crippen LogP contribution is 2.43. The lowest BCUT2D eigenvalue weighted by atomic mass is 10.0. The van der Waals surface area contributed by atoms with Gasteiger partial charge in [0.25, 0.3) is 0 Å². The fraction of sp³-hybridized carbons (Fsp3) is 0.167. The zero-order chi connectivity index (χ0) is 18.2. The van der Waals surface area contributed by atoms with Crippen LogP contribution in [0.3, 0.4) is 0 Å². The van der Waals surface area contributed by atoms with Crippen molar-refractivity contribution in [2.24, 2.45) is 5.11 Å². The van der Waals surface area contributed by atoms with E-state index in [0.29, 0.717) is 5.56 Å². The van der Waals surface area contributed by atoms with Crippen molar-refractivity contribution in [2.45, 2.75) is 6.61 Å². The van der Waals surface area contributed by atoms with E-state index in [1.165, 1.54) is 20.3 Å². The summed E-state index contributed by atoms with van der Waals surface area (Å²) in [6.45, 7) is 3.98.